The van der Waals surface area contributed by atoms with Gasteiger partial charge in [-0.2, -0.15) is 13.2 Å². The van der Waals surface area contributed by atoms with Gasteiger partial charge in [0, 0.05) is 19.2 Å². The molecular formula is C13H10ClF3N4O3S2. The summed E-state index contributed by atoms with van der Waals surface area (Å²) in [6.45, 7) is 2.40. The van der Waals surface area contributed by atoms with Gasteiger partial charge in [0.2, 0.25) is 5.13 Å². The lowest BCUT2D eigenvalue weighted by atomic mass is 10.2. The number of alkyl halides is 3. The Morgan fingerprint density at radius 1 is 1.31 bits per heavy atom. The van der Waals surface area contributed by atoms with Crippen LogP contribution in [0.1, 0.15) is 5.56 Å². The monoisotopic (exact) mass is 426 g/mol. The molecule has 1 saturated heterocycles. The standard InChI is InChI=1S/C13H10ClF3N4O3S2/c14-8-6-10(9(21(22)23)5-7(8)13(15,16)17)25-12-19-18-11(26-12)20-1-3-24-4-2-20/h5-6H,1-4H2. The summed E-state index contributed by atoms with van der Waals surface area (Å²) < 4.78 is 44.3. The maximum Gasteiger partial charge on any atom is 0.418 e. The van der Waals surface area contributed by atoms with Crippen LogP contribution in [0.5, 0.6) is 0 Å². The van der Waals surface area contributed by atoms with E-state index in [4.69, 9.17) is 16.3 Å². The molecule has 1 aliphatic heterocycles. The smallest absolute Gasteiger partial charge is 0.378 e. The highest BCUT2D eigenvalue weighted by Crippen LogP contribution is 2.44. The lowest BCUT2D eigenvalue weighted by molar-refractivity contribution is -0.388. The van der Waals surface area contributed by atoms with Crippen LogP contribution in [0.15, 0.2) is 21.4 Å². The molecule has 13 heteroatoms. The Morgan fingerprint density at radius 2 is 2.00 bits per heavy atom. The van der Waals surface area contributed by atoms with Crippen LogP contribution in [0.2, 0.25) is 5.02 Å². The normalized spacial score (nSPS) is 15.3. The molecule has 0 unspecified atom stereocenters. The van der Waals surface area contributed by atoms with Crippen molar-refractivity contribution in [1.82, 2.24) is 10.2 Å². The number of hydrogen-bond donors (Lipinski definition) is 0. The molecule has 1 aromatic carbocycles. The Bertz CT molecular complexity index is 827. The van der Waals surface area contributed by atoms with Gasteiger partial charge in [0.05, 0.1) is 33.6 Å². The van der Waals surface area contributed by atoms with E-state index >= 15 is 0 Å². The molecule has 0 bridgehead atoms. The number of aromatic nitrogens is 2. The molecule has 0 N–H and O–H groups in total. The van der Waals surface area contributed by atoms with Crippen LogP contribution in [0.4, 0.5) is 24.0 Å². The Labute approximate surface area is 158 Å². The molecule has 2 heterocycles. The van der Waals surface area contributed by atoms with Gasteiger partial charge in [-0.1, -0.05) is 22.9 Å². The van der Waals surface area contributed by atoms with Crippen molar-refractivity contribution in [2.45, 2.75) is 15.4 Å². The molecule has 0 spiro atoms. The zero-order chi connectivity index (χ0) is 18.9. The Kier molecular flexibility index (Phi) is 5.55. The van der Waals surface area contributed by atoms with Gasteiger partial charge in [-0.3, -0.25) is 10.1 Å². The predicted molar refractivity (Wildman–Crippen MR) is 90.2 cm³/mol. The van der Waals surface area contributed by atoms with E-state index in [1.165, 1.54) is 11.3 Å². The highest BCUT2D eigenvalue weighted by Gasteiger charge is 2.36. The van der Waals surface area contributed by atoms with Crippen molar-refractivity contribution in [3.05, 3.63) is 32.8 Å². The van der Waals surface area contributed by atoms with Crippen molar-refractivity contribution in [2.24, 2.45) is 0 Å². The largest absolute Gasteiger partial charge is 0.418 e. The molecule has 1 aliphatic rings. The van der Waals surface area contributed by atoms with Gasteiger partial charge in [0.1, 0.15) is 0 Å². The molecule has 1 fully saturated rings. The van der Waals surface area contributed by atoms with E-state index in [0.29, 0.717) is 41.8 Å². The van der Waals surface area contributed by atoms with Gasteiger partial charge in [0.25, 0.3) is 5.69 Å². The summed E-state index contributed by atoms with van der Waals surface area (Å²) in [7, 11) is 0. The molecule has 1 aromatic heterocycles. The number of anilines is 1. The zero-order valence-corrected chi connectivity index (χ0v) is 15.2. The van der Waals surface area contributed by atoms with E-state index in [1.807, 2.05) is 4.90 Å². The summed E-state index contributed by atoms with van der Waals surface area (Å²) in [4.78, 5) is 12.2. The Hall–Kier alpha value is -1.63. The molecule has 7 nitrogen and oxygen atoms in total. The predicted octanol–water partition coefficient (Wildman–Crippen LogP) is 4.11. The minimum atomic E-state index is -4.78. The lowest BCUT2D eigenvalue weighted by Gasteiger charge is -2.25. The number of hydrogen-bond acceptors (Lipinski definition) is 8. The fraction of sp³-hybridized carbons (Fsp3) is 0.385. The SMILES string of the molecule is O=[N+]([O-])c1cc(C(F)(F)F)c(Cl)cc1Sc1nnc(N2CCOCC2)s1. The summed E-state index contributed by atoms with van der Waals surface area (Å²) in [6, 6.07) is 1.37. The van der Waals surface area contributed by atoms with Crippen LogP contribution in [0.25, 0.3) is 0 Å². The molecule has 26 heavy (non-hydrogen) atoms. The van der Waals surface area contributed by atoms with Crippen molar-refractivity contribution in [3.8, 4) is 0 Å². The number of rotatable bonds is 4. The molecule has 0 amide bonds. The lowest BCUT2D eigenvalue weighted by Crippen LogP contribution is -2.36. The molecule has 0 radical (unpaired) electrons. The number of halogens is 4. The number of ether oxygens (including phenoxy) is 1. The summed E-state index contributed by atoms with van der Waals surface area (Å²) >= 11 is 7.72. The number of benzene rings is 1. The van der Waals surface area contributed by atoms with Crippen LogP contribution in [0.3, 0.4) is 0 Å². The number of nitro benzene ring substituents is 1. The minimum absolute atomic E-state index is 0.0299. The third-order valence-corrected chi connectivity index (χ3v) is 5.82. The topological polar surface area (TPSA) is 81.4 Å². The van der Waals surface area contributed by atoms with Gasteiger partial charge >= 0.3 is 6.18 Å². The second kappa shape index (κ2) is 7.55. The Morgan fingerprint density at radius 3 is 2.62 bits per heavy atom. The third-order valence-electron chi connectivity index (χ3n) is 3.43. The van der Waals surface area contributed by atoms with Gasteiger partial charge in [-0.25, -0.2) is 0 Å². The minimum Gasteiger partial charge on any atom is -0.378 e. The van der Waals surface area contributed by atoms with Gasteiger partial charge in [-0.15, -0.1) is 10.2 Å². The number of nitro groups is 1. The third kappa shape index (κ3) is 4.19. The summed E-state index contributed by atoms with van der Waals surface area (Å²) in [5.74, 6) is 0. The first-order valence-corrected chi connectivity index (χ1v) is 9.16. The first-order valence-electron chi connectivity index (χ1n) is 7.15. The maximum absolute atomic E-state index is 12.9. The maximum atomic E-state index is 12.9. The molecule has 0 saturated carbocycles. The Balaban J connectivity index is 1.88. The summed E-state index contributed by atoms with van der Waals surface area (Å²) in [5.41, 5.74) is -1.93. The van der Waals surface area contributed by atoms with Crippen LogP contribution in [-0.4, -0.2) is 41.4 Å². The van der Waals surface area contributed by atoms with E-state index in [0.717, 1.165) is 17.8 Å². The van der Waals surface area contributed by atoms with Crippen LogP contribution < -0.4 is 4.90 Å². The van der Waals surface area contributed by atoms with Crippen molar-refractivity contribution in [3.63, 3.8) is 0 Å². The molecule has 0 atom stereocenters. The second-order valence-electron chi connectivity index (χ2n) is 5.11. The van der Waals surface area contributed by atoms with Gasteiger partial charge < -0.3 is 9.64 Å². The van der Waals surface area contributed by atoms with Crippen molar-refractivity contribution >= 4 is 45.5 Å². The molecular weight excluding hydrogens is 417 g/mol. The quantitative estimate of drug-likeness (QED) is 0.537. The molecule has 140 valence electrons. The first kappa shape index (κ1) is 19.1. The average molecular weight is 427 g/mol. The fourth-order valence-corrected chi connectivity index (χ4v) is 4.52. The summed E-state index contributed by atoms with van der Waals surface area (Å²) in [5, 5.41) is 19.2. The average Bonchev–Trinajstić information content (AvgIpc) is 3.03. The van der Waals surface area contributed by atoms with Crippen LogP contribution in [-0.2, 0) is 10.9 Å². The van der Waals surface area contributed by atoms with E-state index in [9.17, 15) is 23.3 Å². The highest BCUT2D eigenvalue weighted by molar-refractivity contribution is 8.01. The first-order chi connectivity index (χ1) is 12.3. The van der Waals surface area contributed by atoms with Gasteiger partial charge in [0.15, 0.2) is 4.34 Å². The molecule has 3 rings (SSSR count). The van der Waals surface area contributed by atoms with Crippen molar-refractivity contribution in [1.29, 1.82) is 0 Å². The van der Waals surface area contributed by atoms with Crippen molar-refractivity contribution < 1.29 is 22.8 Å². The van der Waals surface area contributed by atoms with Gasteiger partial charge in [-0.05, 0) is 17.8 Å². The van der Waals surface area contributed by atoms with E-state index in [2.05, 4.69) is 10.2 Å². The zero-order valence-electron chi connectivity index (χ0n) is 12.8. The number of morpholine rings is 1. The fourth-order valence-electron chi connectivity index (χ4n) is 2.21. The van der Waals surface area contributed by atoms with Crippen LogP contribution in [0, 0.1) is 10.1 Å². The van der Waals surface area contributed by atoms with E-state index in [-0.39, 0.29) is 4.90 Å². The molecule has 2 aromatic rings. The van der Waals surface area contributed by atoms with Crippen molar-refractivity contribution in [2.75, 3.05) is 31.2 Å². The van der Waals surface area contributed by atoms with E-state index < -0.39 is 27.4 Å². The molecule has 0 aliphatic carbocycles. The summed E-state index contributed by atoms with van der Waals surface area (Å²) in [6.07, 6.45) is -4.78. The van der Waals surface area contributed by atoms with Crippen LogP contribution >= 0.6 is 34.7 Å². The highest BCUT2D eigenvalue weighted by atomic mass is 35.5. The number of nitrogens with zero attached hydrogens (tertiary/aromatic N) is 4. The second-order valence-corrected chi connectivity index (χ2v) is 7.76. The van der Waals surface area contributed by atoms with E-state index in [1.54, 1.807) is 0 Å².